The van der Waals surface area contributed by atoms with E-state index in [1.54, 1.807) is 0 Å². The van der Waals surface area contributed by atoms with Gasteiger partial charge in [0.15, 0.2) is 0 Å². The van der Waals surface area contributed by atoms with Crippen molar-refractivity contribution in [2.75, 3.05) is 19.6 Å². The fraction of sp³-hybridized carbons (Fsp3) is 0.667. The first kappa shape index (κ1) is 10.4. The summed E-state index contributed by atoms with van der Waals surface area (Å²) in [5.74, 6) is 0. The molecule has 2 nitrogen and oxygen atoms in total. The van der Waals surface area contributed by atoms with Crippen LogP contribution in [0.4, 0.5) is 0 Å². The Kier molecular flexibility index (Phi) is 7.05. The first-order chi connectivity index (χ1) is 5.35. The molecule has 0 amide bonds. The highest BCUT2D eigenvalue weighted by atomic mass is 16.1. The molecule has 2 heteroatoms. The number of aldehydes is 1. The Morgan fingerprint density at radius 2 is 2.18 bits per heavy atom. The van der Waals surface area contributed by atoms with Gasteiger partial charge in [0, 0.05) is 6.54 Å². The standard InChI is InChI=1S/C9H17NO/c1-3-5-6-7-10(4-2)8-9-11/h3,5,9H,4,6-8H2,1-2H3/b5-3-. The summed E-state index contributed by atoms with van der Waals surface area (Å²) >= 11 is 0. The van der Waals surface area contributed by atoms with Crippen LogP contribution in [-0.2, 0) is 4.79 Å². The van der Waals surface area contributed by atoms with E-state index >= 15 is 0 Å². The average Bonchev–Trinajstić information content (AvgIpc) is 2.03. The number of nitrogens with zero attached hydrogens (tertiary/aromatic N) is 1. The Morgan fingerprint density at radius 1 is 1.45 bits per heavy atom. The second-order valence-corrected chi connectivity index (χ2v) is 2.42. The number of hydrogen-bond acceptors (Lipinski definition) is 2. The minimum Gasteiger partial charge on any atom is -0.302 e. The molecule has 0 unspecified atom stereocenters. The van der Waals surface area contributed by atoms with Crippen LogP contribution in [0.3, 0.4) is 0 Å². The Hall–Kier alpha value is -0.630. The Balaban J connectivity index is 3.42. The van der Waals surface area contributed by atoms with Crippen molar-refractivity contribution in [2.45, 2.75) is 20.3 Å². The SMILES string of the molecule is C/C=C\CCN(CC)CC=O. The maximum Gasteiger partial charge on any atom is 0.133 e. The third-order valence-electron chi connectivity index (χ3n) is 1.63. The summed E-state index contributed by atoms with van der Waals surface area (Å²) in [4.78, 5) is 12.3. The van der Waals surface area contributed by atoms with Gasteiger partial charge in [-0.2, -0.15) is 0 Å². The van der Waals surface area contributed by atoms with E-state index < -0.39 is 0 Å². The van der Waals surface area contributed by atoms with Gasteiger partial charge in [0.05, 0.1) is 6.54 Å². The van der Waals surface area contributed by atoms with E-state index in [9.17, 15) is 4.79 Å². The van der Waals surface area contributed by atoms with Gasteiger partial charge in [-0.05, 0) is 19.9 Å². The van der Waals surface area contributed by atoms with Gasteiger partial charge >= 0.3 is 0 Å². The Morgan fingerprint density at radius 3 is 2.64 bits per heavy atom. The largest absolute Gasteiger partial charge is 0.302 e. The van der Waals surface area contributed by atoms with Crippen LogP contribution < -0.4 is 0 Å². The zero-order valence-corrected chi connectivity index (χ0v) is 7.42. The number of likely N-dealkylation sites (N-methyl/N-ethyl adjacent to an activating group) is 1. The van der Waals surface area contributed by atoms with Gasteiger partial charge < -0.3 is 4.79 Å². The fourth-order valence-electron chi connectivity index (χ4n) is 0.908. The molecular weight excluding hydrogens is 138 g/mol. The predicted molar refractivity (Wildman–Crippen MR) is 47.6 cm³/mol. The van der Waals surface area contributed by atoms with Crippen LogP contribution in [0.1, 0.15) is 20.3 Å². The zero-order chi connectivity index (χ0) is 8.53. The van der Waals surface area contributed by atoms with Crippen LogP contribution in [0.15, 0.2) is 12.2 Å². The highest BCUT2D eigenvalue weighted by molar-refractivity contribution is 5.51. The van der Waals surface area contributed by atoms with Crippen molar-refractivity contribution in [3.05, 3.63) is 12.2 Å². The lowest BCUT2D eigenvalue weighted by Gasteiger charge is -2.15. The number of carbonyl (C=O) groups is 1. The van der Waals surface area contributed by atoms with E-state index in [1.807, 2.05) is 13.0 Å². The summed E-state index contributed by atoms with van der Waals surface area (Å²) in [5.41, 5.74) is 0. The lowest BCUT2D eigenvalue weighted by Crippen LogP contribution is -2.26. The topological polar surface area (TPSA) is 20.3 Å². The lowest BCUT2D eigenvalue weighted by atomic mass is 10.3. The molecule has 0 aliphatic rings. The minimum absolute atomic E-state index is 0.564. The molecule has 0 saturated carbocycles. The second-order valence-electron chi connectivity index (χ2n) is 2.42. The Labute approximate surface area is 68.9 Å². The number of allylic oxidation sites excluding steroid dienone is 1. The van der Waals surface area contributed by atoms with Crippen molar-refractivity contribution in [3.8, 4) is 0 Å². The van der Waals surface area contributed by atoms with Crippen molar-refractivity contribution in [2.24, 2.45) is 0 Å². The molecule has 0 N–H and O–H groups in total. The van der Waals surface area contributed by atoms with Crippen molar-refractivity contribution in [3.63, 3.8) is 0 Å². The van der Waals surface area contributed by atoms with Gasteiger partial charge in [0.25, 0.3) is 0 Å². The molecule has 0 aromatic heterocycles. The number of carbonyl (C=O) groups excluding carboxylic acids is 1. The minimum atomic E-state index is 0.564. The summed E-state index contributed by atoms with van der Waals surface area (Å²) in [6, 6.07) is 0. The molecule has 0 heterocycles. The summed E-state index contributed by atoms with van der Waals surface area (Å²) in [6.45, 7) is 6.58. The zero-order valence-electron chi connectivity index (χ0n) is 7.42. The van der Waals surface area contributed by atoms with E-state index in [1.165, 1.54) is 0 Å². The van der Waals surface area contributed by atoms with E-state index in [0.717, 1.165) is 25.8 Å². The first-order valence-corrected chi connectivity index (χ1v) is 4.12. The third-order valence-corrected chi connectivity index (χ3v) is 1.63. The summed E-state index contributed by atoms with van der Waals surface area (Å²) in [7, 11) is 0. The monoisotopic (exact) mass is 155 g/mol. The van der Waals surface area contributed by atoms with Crippen molar-refractivity contribution >= 4 is 6.29 Å². The van der Waals surface area contributed by atoms with Crippen LogP contribution in [0.5, 0.6) is 0 Å². The van der Waals surface area contributed by atoms with E-state index in [4.69, 9.17) is 0 Å². The van der Waals surface area contributed by atoms with Crippen molar-refractivity contribution in [1.82, 2.24) is 4.90 Å². The number of hydrogen-bond donors (Lipinski definition) is 0. The molecule has 0 bridgehead atoms. The van der Waals surface area contributed by atoms with Gasteiger partial charge in [-0.25, -0.2) is 0 Å². The van der Waals surface area contributed by atoms with E-state index in [0.29, 0.717) is 6.54 Å². The maximum atomic E-state index is 10.1. The predicted octanol–water partition coefficient (Wildman–Crippen LogP) is 1.47. The first-order valence-electron chi connectivity index (χ1n) is 4.12. The molecule has 64 valence electrons. The van der Waals surface area contributed by atoms with E-state index in [2.05, 4.69) is 17.9 Å². The fourth-order valence-corrected chi connectivity index (χ4v) is 0.908. The normalized spacial score (nSPS) is 11.2. The van der Waals surface area contributed by atoms with Gasteiger partial charge in [-0.15, -0.1) is 0 Å². The molecule has 0 saturated heterocycles. The van der Waals surface area contributed by atoms with Crippen molar-refractivity contribution in [1.29, 1.82) is 0 Å². The molecular formula is C9H17NO. The molecule has 0 spiro atoms. The molecule has 0 aromatic carbocycles. The Bertz CT molecular complexity index is 121. The number of rotatable bonds is 6. The van der Waals surface area contributed by atoms with Crippen molar-refractivity contribution < 1.29 is 4.79 Å². The molecule has 0 aliphatic carbocycles. The molecule has 0 atom stereocenters. The molecule has 11 heavy (non-hydrogen) atoms. The average molecular weight is 155 g/mol. The molecule has 0 aromatic rings. The molecule has 0 aliphatic heterocycles. The smallest absolute Gasteiger partial charge is 0.133 e. The van der Waals surface area contributed by atoms with Crippen LogP contribution >= 0.6 is 0 Å². The van der Waals surface area contributed by atoms with Crippen LogP contribution in [0.2, 0.25) is 0 Å². The highest BCUT2D eigenvalue weighted by Crippen LogP contribution is 1.90. The lowest BCUT2D eigenvalue weighted by molar-refractivity contribution is -0.108. The summed E-state index contributed by atoms with van der Waals surface area (Å²) < 4.78 is 0. The van der Waals surface area contributed by atoms with Crippen LogP contribution in [0.25, 0.3) is 0 Å². The second kappa shape index (κ2) is 7.48. The third kappa shape index (κ3) is 5.80. The van der Waals surface area contributed by atoms with Gasteiger partial charge in [0.2, 0.25) is 0 Å². The van der Waals surface area contributed by atoms with Gasteiger partial charge in [-0.3, -0.25) is 4.90 Å². The molecule has 0 rings (SSSR count). The maximum absolute atomic E-state index is 10.1. The van der Waals surface area contributed by atoms with Crippen LogP contribution in [-0.4, -0.2) is 30.8 Å². The molecule has 0 fully saturated rings. The summed E-state index contributed by atoms with van der Waals surface area (Å²) in [6.07, 6.45) is 6.15. The van der Waals surface area contributed by atoms with Crippen LogP contribution in [0, 0.1) is 0 Å². The van der Waals surface area contributed by atoms with Gasteiger partial charge in [-0.1, -0.05) is 19.1 Å². The van der Waals surface area contributed by atoms with Gasteiger partial charge in [0.1, 0.15) is 6.29 Å². The quantitative estimate of drug-likeness (QED) is 0.427. The highest BCUT2D eigenvalue weighted by Gasteiger charge is 1.97. The van der Waals surface area contributed by atoms with E-state index in [-0.39, 0.29) is 0 Å². The molecule has 0 radical (unpaired) electrons. The summed E-state index contributed by atoms with van der Waals surface area (Å²) in [5, 5.41) is 0.